The molecule has 20 heavy (non-hydrogen) atoms. The first-order valence-corrected chi connectivity index (χ1v) is 6.90. The van der Waals surface area contributed by atoms with Gasteiger partial charge in [-0.2, -0.15) is 0 Å². The van der Waals surface area contributed by atoms with E-state index in [-0.39, 0.29) is 5.91 Å². The zero-order chi connectivity index (χ0) is 14.5. The van der Waals surface area contributed by atoms with Crippen molar-refractivity contribution >= 4 is 17.3 Å². The van der Waals surface area contributed by atoms with E-state index in [4.69, 9.17) is 11.5 Å². The molecule has 1 aromatic rings. The standard InChI is InChI=1S/C14H23N5O/c1-18-6-8-19(9-7-18)5-4-17-14(20)12-3-2-11(15)10-13(12)16/h2-3,10H,4-9,15-16H2,1H3,(H,17,20). The molecule has 110 valence electrons. The average Bonchev–Trinajstić information content (AvgIpc) is 2.41. The smallest absolute Gasteiger partial charge is 0.253 e. The minimum Gasteiger partial charge on any atom is -0.399 e. The van der Waals surface area contributed by atoms with Crippen molar-refractivity contribution in [3.63, 3.8) is 0 Å². The van der Waals surface area contributed by atoms with E-state index in [1.54, 1.807) is 18.2 Å². The zero-order valence-corrected chi connectivity index (χ0v) is 11.9. The molecule has 1 fully saturated rings. The van der Waals surface area contributed by atoms with Gasteiger partial charge in [-0.15, -0.1) is 0 Å². The van der Waals surface area contributed by atoms with Crippen LogP contribution in [0.25, 0.3) is 0 Å². The molecule has 1 aliphatic heterocycles. The molecule has 0 bridgehead atoms. The number of amides is 1. The Morgan fingerprint density at radius 3 is 2.60 bits per heavy atom. The summed E-state index contributed by atoms with van der Waals surface area (Å²) >= 11 is 0. The third-order valence-electron chi connectivity index (χ3n) is 3.63. The SMILES string of the molecule is CN1CCN(CCNC(=O)c2ccc(N)cc2N)CC1. The number of anilines is 2. The highest BCUT2D eigenvalue weighted by Crippen LogP contribution is 2.15. The van der Waals surface area contributed by atoms with Gasteiger partial charge in [0.05, 0.1) is 5.56 Å². The molecule has 0 unspecified atom stereocenters. The maximum atomic E-state index is 12.0. The third kappa shape index (κ3) is 3.85. The maximum absolute atomic E-state index is 12.0. The van der Waals surface area contributed by atoms with Crippen molar-refractivity contribution in [3.8, 4) is 0 Å². The monoisotopic (exact) mass is 277 g/mol. The van der Waals surface area contributed by atoms with Crippen LogP contribution >= 0.6 is 0 Å². The Balaban J connectivity index is 1.77. The molecule has 0 saturated carbocycles. The van der Waals surface area contributed by atoms with Gasteiger partial charge in [0.1, 0.15) is 0 Å². The van der Waals surface area contributed by atoms with E-state index >= 15 is 0 Å². The van der Waals surface area contributed by atoms with E-state index in [0.717, 1.165) is 32.7 Å². The topological polar surface area (TPSA) is 87.6 Å². The summed E-state index contributed by atoms with van der Waals surface area (Å²) < 4.78 is 0. The van der Waals surface area contributed by atoms with Crippen LogP contribution in [0.3, 0.4) is 0 Å². The Labute approximate surface area is 119 Å². The molecule has 6 heteroatoms. The largest absolute Gasteiger partial charge is 0.399 e. The lowest BCUT2D eigenvalue weighted by Crippen LogP contribution is -2.46. The van der Waals surface area contributed by atoms with E-state index in [0.29, 0.717) is 23.5 Å². The first-order valence-electron chi connectivity index (χ1n) is 6.90. The van der Waals surface area contributed by atoms with E-state index in [9.17, 15) is 4.79 Å². The molecule has 0 aliphatic carbocycles. The lowest BCUT2D eigenvalue weighted by Gasteiger charge is -2.32. The quantitative estimate of drug-likeness (QED) is 0.665. The highest BCUT2D eigenvalue weighted by molar-refractivity contribution is 5.99. The van der Waals surface area contributed by atoms with Gasteiger partial charge < -0.3 is 21.7 Å². The van der Waals surface area contributed by atoms with Crippen LogP contribution in [0.1, 0.15) is 10.4 Å². The molecular formula is C14H23N5O. The lowest BCUT2D eigenvalue weighted by atomic mass is 10.1. The highest BCUT2D eigenvalue weighted by atomic mass is 16.1. The number of piperazine rings is 1. The van der Waals surface area contributed by atoms with E-state index in [1.165, 1.54) is 0 Å². The number of benzene rings is 1. The Morgan fingerprint density at radius 2 is 1.95 bits per heavy atom. The number of nitrogen functional groups attached to an aromatic ring is 2. The van der Waals surface area contributed by atoms with Gasteiger partial charge in [0.25, 0.3) is 5.91 Å². The number of nitrogens with one attached hydrogen (secondary N) is 1. The molecule has 0 atom stereocenters. The van der Waals surface area contributed by atoms with Gasteiger partial charge in [-0.3, -0.25) is 9.69 Å². The van der Waals surface area contributed by atoms with Gasteiger partial charge >= 0.3 is 0 Å². The second-order valence-electron chi connectivity index (χ2n) is 5.25. The van der Waals surface area contributed by atoms with Crippen LogP contribution in [0, 0.1) is 0 Å². The first kappa shape index (κ1) is 14.6. The summed E-state index contributed by atoms with van der Waals surface area (Å²) in [6.45, 7) is 5.77. The molecular weight excluding hydrogens is 254 g/mol. The molecule has 0 spiro atoms. The second-order valence-corrected chi connectivity index (χ2v) is 5.25. The van der Waals surface area contributed by atoms with Crippen molar-refractivity contribution in [2.24, 2.45) is 0 Å². The first-order chi connectivity index (χ1) is 9.56. The fourth-order valence-electron chi connectivity index (χ4n) is 2.28. The van der Waals surface area contributed by atoms with Gasteiger partial charge in [-0.05, 0) is 25.2 Å². The number of carbonyl (C=O) groups is 1. The summed E-state index contributed by atoms with van der Waals surface area (Å²) in [7, 11) is 2.13. The number of hydrogen-bond acceptors (Lipinski definition) is 5. The normalized spacial score (nSPS) is 17.1. The van der Waals surface area contributed by atoms with E-state index < -0.39 is 0 Å². The summed E-state index contributed by atoms with van der Waals surface area (Å²) in [6.07, 6.45) is 0. The van der Waals surface area contributed by atoms with Gasteiger partial charge in [-0.25, -0.2) is 0 Å². The van der Waals surface area contributed by atoms with Crippen molar-refractivity contribution in [1.29, 1.82) is 0 Å². The molecule has 5 N–H and O–H groups in total. The molecule has 2 rings (SSSR count). The van der Waals surface area contributed by atoms with Crippen LogP contribution in [-0.4, -0.2) is 62.0 Å². The Morgan fingerprint density at radius 1 is 1.25 bits per heavy atom. The summed E-state index contributed by atoms with van der Waals surface area (Å²) in [4.78, 5) is 16.7. The number of nitrogens with zero attached hydrogens (tertiary/aromatic N) is 2. The molecule has 0 aromatic heterocycles. The molecule has 1 saturated heterocycles. The summed E-state index contributed by atoms with van der Waals surface area (Å²) in [6, 6.07) is 4.96. The van der Waals surface area contributed by atoms with Gasteiger partial charge in [0.2, 0.25) is 0 Å². The predicted octanol–water partition coefficient (Wildman–Crippen LogP) is -0.172. The van der Waals surface area contributed by atoms with Crippen molar-refractivity contribution in [3.05, 3.63) is 23.8 Å². The Kier molecular flexibility index (Phi) is 4.81. The Hall–Kier alpha value is -1.79. The average molecular weight is 277 g/mol. The number of hydrogen-bond donors (Lipinski definition) is 3. The van der Waals surface area contributed by atoms with Crippen molar-refractivity contribution in [2.45, 2.75) is 0 Å². The van der Waals surface area contributed by atoms with E-state index in [1.807, 2.05) is 0 Å². The van der Waals surface area contributed by atoms with Crippen LogP contribution in [0.15, 0.2) is 18.2 Å². The molecule has 0 radical (unpaired) electrons. The molecule has 1 aromatic carbocycles. The van der Waals surface area contributed by atoms with Crippen molar-refractivity contribution < 1.29 is 4.79 Å². The fourth-order valence-corrected chi connectivity index (χ4v) is 2.28. The Bertz CT molecular complexity index is 469. The maximum Gasteiger partial charge on any atom is 0.253 e. The van der Waals surface area contributed by atoms with Crippen LogP contribution in [0.5, 0.6) is 0 Å². The van der Waals surface area contributed by atoms with Crippen LogP contribution < -0.4 is 16.8 Å². The van der Waals surface area contributed by atoms with Crippen LogP contribution in [0.4, 0.5) is 11.4 Å². The minimum atomic E-state index is -0.142. The molecule has 6 nitrogen and oxygen atoms in total. The molecule has 1 aliphatic rings. The summed E-state index contributed by atoms with van der Waals surface area (Å²) in [5.41, 5.74) is 12.9. The number of nitrogens with two attached hydrogens (primary N) is 2. The summed E-state index contributed by atoms with van der Waals surface area (Å²) in [5.74, 6) is -0.142. The number of carbonyl (C=O) groups excluding carboxylic acids is 1. The molecule has 1 heterocycles. The number of likely N-dealkylation sites (N-methyl/N-ethyl adjacent to an activating group) is 1. The minimum absolute atomic E-state index is 0.142. The fraction of sp³-hybridized carbons (Fsp3) is 0.500. The van der Waals surface area contributed by atoms with Gasteiger partial charge in [0.15, 0.2) is 0 Å². The summed E-state index contributed by atoms with van der Waals surface area (Å²) in [5, 5.41) is 2.90. The zero-order valence-electron chi connectivity index (χ0n) is 11.9. The molecule has 1 amide bonds. The lowest BCUT2D eigenvalue weighted by molar-refractivity contribution is 0.0942. The van der Waals surface area contributed by atoms with Gasteiger partial charge in [0, 0.05) is 50.6 Å². The van der Waals surface area contributed by atoms with Crippen molar-refractivity contribution in [2.75, 3.05) is 57.8 Å². The predicted molar refractivity (Wildman–Crippen MR) is 81.5 cm³/mol. The third-order valence-corrected chi connectivity index (χ3v) is 3.63. The second kappa shape index (κ2) is 6.58. The van der Waals surface area contributed by atoms with E-state index in [2.05, 4.69) is 22.2 Å². The highest BCUT2D eigenvalue weighted by Gasteiger charge is 2.14. The van der Waals surface area contributed by atoms with Crippen LogP contribution in [-0.2, 0) is 0 Å². The van der Waals surface area contributed by atoms with Crippen LogP contribution in [0.2, 0.25) is 0 Å². The van der Waals surface area contributed by atoms with Gasteiger partial charge in [-0.1, -0.05) is 0 Å². The van der Waals surface area contributed by atoms with Crippen molar-refractivity contribution in [1.82, 2.24) is 15.1 Å². The number of rotatable bonds is 4.